The third-order valence-corrected chi connectivity index (χ3v) is 8.84. The number of carboxylic acids is 1. The van der Waals surface area contributed by atoms with Gasteiger partial charge in [0, 0.05) is 49.9 Å². The second-order valence-electron chi connectivity index (χ2n) is 11.9. The van der Waals surface area contributed by atoms with Gasteiger partial charge in [-0.25, -0.2) is 14.8 Å². The Bertz CT molecular complexity index is 1860. The first-order valence-electron chi connectivity index (χ1n) is 16.9. The highest BCUT2D eigenvalue weighted by atomic mass is 16.5. The number of Topliss-reactive ketones (excluding diaryl/α,β-unsaturated/α-hetero) is 1. The fourth-order valence-corrected chi connectivity index (χ4v) is 6.53. The predicted octanol–water partition coefficient (Wildman–Crippen LogP) is 5.83. The van der Waals surface area contributed by atoms with E-state index >= 15 is 0 Å². The smallest absolute Gasteiger partial charge is 0.326 e. The summed E-state index contributed by atoms with van der Waals surface area (Å²) in [5.41, 5.74) is 3.46. The molecule has 6 rings (SSSR count). The lowest BCUT2D eigenvalue weighted by atomic mass is 9.74. The van der Waals surface area contributed by atoms with Gasteiger partial charge in [-0.2, -0.15) is 0 Å². The van der Waals surface area contributed by atoms with Gasteiger partial charge in [-0.15, -0.1) is 0 Å². The van der Waals surface area contributed by atoms with Gasteiger partial charge in [0.1, 0.15) is 18.4 Å². The SMILES string of the molecule is CCC(C(=O)O)n1ccnc1C=O.CCOC(=O)Cn1ccnc1/C=C1\CN(C(c2ccccc2)(c2ccccc2)c2ccccc2)CCC1=O. The number of aliphatic carboxylic acids is 1. The second kappa shape index (κ2) is 17.1. The van der Waals surface area contributed by atoms with Gasteiger partial charge in [-0.05, 0) is 36.1 Å². The van der Waals surface area contributed by atoms with E-state index in [1.807, 2.05) is 24.3 Å². The van der Waals surface area contributed by atoms with Gasteiger partial charge >= 0.3 is 11.9 Å². The molecule has 1 aliphatic heterocycles. The second-order valence-corrected chi connectivity index (χ2v) is 11.9. The molecule has 1 unspecified atom stereocenters. The van der Waals surface area contributed by atoms with E-state index in [9.17, 15) is 19.2 Å². The van der Waals surface area contributed by atoms with E-state index in [0.717, 1.165) is 16.7 Å². The Morgan fingerprint density at radius 2 is 1.41 bits per heavy atom. The van der Waals surface area contributed by atoms with Crippen molar-refractivity contribution in [2.75, 3.05) is 19.7 Å². The van der Waals surface area contributed by atoms with Crippen LogP contribution in [0.4, 0.5) is 0 Å². The van der Waals surface area contributed by atoms with E-state index in [2.05, 4.69) is 87.7 Å². The van der Waals surface area contributed by atoms with Crippen LogP contribution in [-0.2, 0) is 31.2 Å². The lowest BCUT2D eigenvalue weighted by Crippen LogP contribution is -2.52. The lowest BCUT2D eigenvalue weighted by molar-refractivity contribution is -0.144. The summed E-state index contributed by atoms with van der Waals surface area (Å²) in [6, 6.07) is 30.7. The summed E-state index contributed by atoms with van der Waals surface area (Å²) in [6.07, 6.45) is 9.45. The van der Waals surface area contributed by atoms with Gasteiger partial charge in [0.2, 0.25) is 0 Å². The summed E-state index contributed by atoms with van der Waals surface area (Å²) >= 11 is 0. The van der Waals surface area contributed by atoms with Crippen LogP contribution < -0.4 is 0 Å². The highest BCUT2D eigenvalue weighted by Crippen LogP contribution is 2.44. The van der Waals surface area contributed by atoms with E-state index in [4.69, 9.17) is 9.84 Å². The van der Waals surface area contributed by atoms with Crippen molar-refractivity contribution in [3.63, 3.8) is 0 Å². The van der Waals surface area contributed by atoms with Crippen molar-refractivity contribution < 1.29 is 29.0 Å². The number of esters is 1. The molecule has 5 aromatic rings. The number of hydrogen-bond donors (Lipinski definition) is 1. The largest absolute Gasteiger partial charge is 0.480 e. The molecule has 3 aromatic carbocycles. The van der Waals surface area contributed by atoms with Crippen LogP contribution in [0.5, 0.6) is 0 Å². The predicted molar refractivity (Wildman–Crippen MR) is 192 cm³/mol. The van der Waals surface area contributed by atoms with E-state index in [1.165, 1.54) is 17.0 Å². The molecule has 2 aromatic heterocycles. The Morgan fingerprint density at radius 1 is 0.863 bits per heavy atom. The minimum atomic E-state index is -0.955. The van der Waals surface area contributed by atoms with E-state index in [-0.39, 0.29) is 24.1 Å². The minimum Gasteiger partial charge on any atom is -0.480 e. The average Bonchev–Trinajstić information content (AvgIpc) is 3.81. The molecular formula is C40H41N5O6. The normalized spacial score (nSPS) is 14.7. The first-order chi connectivity index (χ1) is 24.8. The fourth-order valence-electron chi connectivity index (χ4n) is 6.53. The van der Waals surface area contributed by atoms with Gasteiger partial charge in [-0.1, -0.05) is 97.9 Å². The fraction of sp³-hybridized carbons (Fsp3) is 0.250. The number of likely N-dealkylation sites (tertiary alicyclic amines) is 1. The molecule has 0 amide bonds. The minimum absolute atomic E-state index is 0.0485. The van der Waals surface area contributed by atoms with Crippen LogP contribution in [0.3, 0.4) is 0 Å². The topological polar surface area (TPSA) is 137 Å². The number of carboxylic acid groups (broad SMARTS) is 1. The number of imidazole rings is 2. The maximum atomic E-state index is 13.2. The van der Waals surface area contributed by atoms with Gasteiger partial charge < -0.3 is 19.0 Å². The van der Waals surface area contributed by atoms with E-state index < -0.39 is 17.6 Å². The molecule has 0 saturated carbocycles. The molecule has 3 heterocycles. The molecule has 1 atom stereocenters. The van der Waals surface area contributed by atoms with Crippen LogP contribution >= 0.6 is 0 Å². The van der Waals surface area contributed by atoms with Crippen molar-refractivity contribution in [1.29, 1.82) is 0 Å². The van der Waals surface area contributed by atoms with Crippen molar-refractivity contribution in [1.82, 2.24) is 24.0 Å². The number of nitrogens with zero attached hydrogens (tertiary/aromatic N) is 5. The van der Waals surface area contributed by atoms with Crippen molar-refractivity contribution in [2.24, 2.45) is 0 Å². The summed E-state index contributed by atoms with van der Waals surface area (Å²) in [4.78, 5) is 57.0. The number of benzene rings is 3. The van der Waals surface area contributed by atoms with Crippen molar-refractivity contribution in [2.45, 2.75) is 44.8 Å². The molecule has 0 spiro atoms. The maximum Gasteiger partial charge on any atom is 0.326 e. The number of carbonyl (C=O) groups excluding carboxylic acids is 3. The lowest BCUT2D eigenvalue weighted by Gasteiger charge is -2.47. The monoisotopic (exact) mass is 687 g/mol. The Hall–Kier alpha value is -5.94. The van der Waals surface area contributed by atoms with Gasteiger partial charge in [0.05, 0.1) is 12.1 Å². The molecule has 1 aliphatic rings. The average molecular weight is 688 g/mol. The quantitative estimate of drug-likeness (QED) is 0.0744. The zero-order chi connectivity index (χ0) is 36.2. The molecule has 1 saturated heterocycles. The van der Waals surface area contributed by atoms with Crippen LogP contribution in [0.1, 0.15) is 65.9 Å². The summed E-state index contributed by atoms with van der Waals surface area (Å²) in [7, 11) is 0. The van der Waals surface area contributed by atoms with Gasteiger partial charge in [0.15, 0.2) is 17.9 Å². The highest BCUT2D eigenvalue weighted by Gasteiger charge is 2.44. The Morgan fingerprint density at radius 3 is 1.92 bits per heavy atom. The number of carbonyl (C=O) groups is 4. The molecule has 1 fully saturated rings. The molecule has 1 N–H and O–H groups in total. The summed E-state index contributed by atoms with van der Waals surface area (Å²) in [5.74, 6) is -0.487. The van der Waals surface area contributed by atoms with Gasteiger partial charge in [-0.3, -0.25) is 19.3 Å². The summed E-state index contributed by atoms with van der Waals surface area (Å²) in [5, 5.41) is 8.80. The van der Waals surface area contributed by atoms with E-state index in [1.54, 1.807) is 30.8 Å². The zero-order valence-corrected chi connectivity index (χ0v) is 28.7. The van der Waals surface area contributed by atoms with Crippen LogP contribution in [0.2, 0.25) is 0 Å². The Kier molecular flexibility index (Phi) is 12.2. The molecule has 51 heavy (non-hydrogen) atoms. The summed E-state index contributed by atoms with van der Waals surface area (Å²) < 4.78 is 8.18. The number of aldehydes is 1. The number of aromatic nitrogens is 4. The molecule has 0 radical (unpaired) electrons. The highest BCUT2D eigenvalue weighted by molar-refractivity contribution is 6.00. The zero-order valence-electron chi connectivity index (χ0n) is 28.7. The number of hydrogen-bond acceptors (Lipinski definition) is 8. The third kappa shape index (κ3) is 8.11. The van der Waals surface area contributed by atoms with Crippen LogP contribution in [0.25, 0.3) is 6.08 Å². The number of piperidine rings is 1. The van der Waals surface area contributed by atoms with Crippen LogP contribution in [-0.4, -0.2) is 72.8 Å². The molecular weight excluding hydrogens is 646 g/mol. The first-order valence-corrected chi connectivity index (χ1v) is 16.9. The number of rotatable bonds is 12. The molecule has 0 aliphatic carbocycles. The van der Waals surface area contributed by atoms with E-state index in [0.29, 0.717) is 50.2 Å². The molecule has 0 bridgehead atoms. The number of ether oxygens (including phenoxy) is 1. The number of ketones is 1. The van der Waals surface area contributed by atoms with Crippen molar-refractivity contribution in [3.8, 4) is 0 Å². The van der Waals surface area contributed by atoms with Crippen LogP contribution in [0, 0.1) is 0 Å². The standard InChI is InChI=1S/C32H31N3O3.C8H10N2O3/c1-2-38-31(37)24-34-21-19-33-30(34)22-25-23-35(20-18-29(25)36)32(26-12-6-3-7-13-26,27-14-8-4-9-15-27)28-16-10-5-11-17-28;1-2-6(8(12)13)10-4-3-9-7(10)5-11/h3-17,19,21-22H,2,18,20,23-24H2,1H3;3-6H,2H2,1H3,(H,12,13)/b25-22+;. The van der Waals surface area contributed by atoms with Crippen molar-refractivity contribution >= 4 is 30.1 Å². The Labute approximate surface area is 296 Å². The third-order valence-electron chi connectivity index (χ3n) is 8.84. The van der Waals surface area contributed by atoms with Crippen molar-refractivity contribution in [3.05, 3.63) is 150 Å². The molecule has 11 heteroatoms. The van der Waals surface area contributed by atoms with Gasteiger partial charge in [0.25, 0.3) is 0 Å². The molecule has 262 valence electrons. The maximum absolute atomic E-state index is 13.2. The van der Waals surface area contributed by atoms with Crippen LogP contribution in [0.15, 0.2) is 121 Å². The first kappa shape index (κ1) is 36.3. The molecule has 11 nitrogen and oxygen atoms in total. The Balaban J connectivity index is 0.000000328. The summed E-state index contributed by atoms with van der Waals surface area (Å²) in [6.45, 7) is 4.93.